The van der Waals surface area contributed by atoms with Gasteiger partial charge in [-0.05, 0) is 25.2 Å². The third kappa shape index (κ3) is 49.3. The van der Waals surface area contributed by atoms with Gasteiger partial charge in [-0.15, -0.1) is 0 Å². The van der Waals surface area contributed by atoms with Gasteiger partial charge in [0.25, 0.3) is 0 Å². The molecule has 0 fully saturated rings. The summed E-state index contributed by atoms with van der Waals surface area (Å²) in [5.74, 6) is 0.0109. The molecule has 0 unspecified atom stereocenters. The molecular formula is C55H106O6. The molecule has 362 valence electrons. The maximum Gasteiger partial charge on any atom is 0.306 e. The summed E-state index contributed by atoms with van der Waals surface area (Å²) >= 11 is 0. The van der Waals surface area contributed by atoms with E-state index in [4.69, 9.17) is 14.2 Å². The van der Waals surface area contributed by atoms with E-state index in [0.29, 0.717) is 19.3 Å². The predicted molar refractivity (Wildman–Crippen MR) is 261 cm³/mol. The maximum atomic E-state index is 12.8. The number of hydrogen-bond donors (Lipinski definition) is 0. The van der Waals surface area contributed by atoms with Crippen LogP contribution in [0.1, 0.15) is 310 Å². The van der Waals surface area contributed by atoms with Gasteiger partial charge >= 0.3 is 17.9 Å². The van der Waals surface area contributed by atoms with Crippen molar-refractivity contribution in [3.05, 3.63) is 0 Å². The highest BCUT2D eigenvalue weighted by atomic mass is 16.6. The van der Waals surface area contributed by atoms with Crippen LogP contribution < -0.4 is 0 Å². The Balaban J connectivity index is 4.25. The van der Waals surface area contributed by atoms with Gasteiger partial charge in [0.05, 0.1) is 0 Å². The molecule has 0 aliphatic rings. The minimum atomic E-state index is -0.760. The Hall–Kier alpha value is -1.59. The average molecular weight is 863 g/mol. The van der Waals surface area contributed by atoms with E-state index in [9.17, 15) is 14.4 Å². The maximum absolute atomic E-state index is 12.8. The first-order valence-corrected chi connectivity index (χ1v) is 27.4. The summed E-state index contributed by atoms with van der Waals surface area (Å²) in [6, 6.07) is 0. The Labute approximate surface area is 380 Å². The first kappa shape index (κ1) is 59.4. The minimum Gasteiger partial charge on any atom is -0.462 e. The number of hydrogen-bond acceptors (Lipinski definition) is 6. The molecule has 0 aromatic carbocycles. The Morgan fingerprint density at radius 2 is 0.541 bits per heavy atom. The quantitative estimate of drug-likeness (QED) is 0.0344. The molecule has 0 rings (SSSR count). The van der Waals surface area contributed by atoms with E-state index in [1.165, 1.54) is 205 Å². The molecular weight excluding hydrogens is 757 g/mol. The molecule has 0 heterocycles. The van der Waals surface area contributed by atoms with Crippen LogP contribution in [0.2, 0.25) is 0 Å². The van der Waals surface area contributed by atoms with Crippen molar-refractivity contribution in [2.75, 3.05) is 13.2 Å². The molecule has 0 amide bonds. The number of ether oxygens (including phenoxy) is 3. The zero-order valence-electron chi connectivity index (χ0n) is 41.6. The van der Waals surface area contributed by atoms with E-state index in [-0.39, 0.29) is 31.1 Å². The second-order valence-electron chi connectivity index (χ2n) is 19.3. The van der Waals surface area contributed by atoms with Gasteiger partial charge in [-0.2, -0.15) is 0 Å². The second kappa shape index (κ2) is 49.4. The predicted octanol–water partition coefficient (Wildman–Crippen LogP) is 17.8. The van der Waals surface area contributed by atoms with Crippen molar-refractivity contribution in [3.8, 4) is 0 Å². The van der Waals surface area contributed by atoms with Gasteiger partial charge in [-0.3, -0.25) is 14.4 Å². The summed E-state index contributed by atoms with van der Waals surface area (Å²) < 4.78 is 16.8. The highest BCUT2D eigenvalue weighted by Crippen LogP contribution is 2.17. The third-order valence-electron chi connectivity index (χ3n) is 12.5. The lowest BCUT2D eigenvalue weighted by Crippen LogP contribution is -2.30. The van der Waals surface area contributed by atoms with Crippen LogP contribution in [-0.2, 0) is 28.6 Å². The van der Waals surface area contributed by atoms with Gasteiger partial charge < -0.3 is 14.2 Å². The third-order valence-corrected chi connectivity index (χ3v) is 12.5. The monoisotopic (exact) mass is 863 g/mol. The van der Waals surface area contributed by atoms with Crippen LogP contribution in [0.4, 0.5) is 0 Å². The normalized spacial score (nSPS) is 12.0. The molecule has 0 aliphatic heterocycles. The second-order valence-corrected chi connectivity index (χ2v) is 19.3. The summed E-state index contributed by atoms with van der Waals surface area (Å²) in [6.45, 7) is 9.04. The largest absolute Gasteiger partial charge is 0.462 e. The van der Waals surface area contributed by atoms with Crippen molar-refractivity contribution in [1.29, 1.82) is 0 Å². The van der Waals surface area contributed by atoms with Gasteiger partial charge in [-0.25, -0.2) is 0 Å². The molecule has 0 radical (unpaired) electrons. The fourth-order valence-corrected chi connectivity index (χ4v) is 8.39. The number of esters is 3. The molecule has 0 N–H and O–H groups in total. The van der Waals surface area contributed by atoms with Crippen molar-refractivity contribution >= 4 is 17.9 Å². The molecule has 0 aromatic rings. The van der Waals surface area contributed by atoms with Crippen molar-refractivity contribution in [2.45, 2.75) is 316 Å². The van der Waals surface area contributed by atoms with Gasteiger partial charge in [0.1, 0.15) is 13.2 Å². The van der Waals surface area contributed by atoms with E-state index < -0.39 is 6.10 Å². The summed E-state index contributed by atoms with van der Waals surface area (Å²) in [4.78, 5) is 38.0. The molecule has 6 heteroatoms. The molecule has 0 aliphatic carbocycles. The Bertz CT molecular complexity index is 918. The molecule has 0 aromatic heterocycles. The highest BCUT2D eigenvalue weighted by molar-refractivity contribution is 5.71. The summed E-state index contributed by atoms with van der Waals surface area (Å²) in [5.41, 5.74) is 0. The summed E-state index contributed by atoms with van der Waals surface area (Å²) in [7, 11) is 0. The number of carbonyl (C=O) groups excluding carboxylic acids is 3. The lowest BCUT2D eigenvalue weighted by Gasteiger charge is -2.18. The van der Waals surface area contributed by atoms with Crippen LogP contribution in [0.3, 0.4) is 0 Å². The first-order chi connectivity index (χ1) is 29.9. The average Bonchev–Trinajstić information content (AvgIpc) is 3.24. The zero-order chi connectivity index (χ0) is 44.5. The lowest BCUT2D eigenvalue weighted by atomic mass is 10.0. The van der Waals surface area contributed by atoms with Crippen LogP contribution in [0, 0.1) is 5.92 Å². The van der Waals surface area contributed by atoms with Crippen LogP contribution in [0.15, 0.2) is 0 Å². The molecule has 0 bridgehead atoms. The summed E-state index contributed by atoms with van der Waals surface area (Å²) in [6.07, 6.45) is 52.3. The van der Waals surface area contributed by atoms with E-state index in [0.717, 1.165) is 63.7 Å². The van der Waals surface area contributed by atoms with Gasteiger partial charge in [0.15, 0.2) is 6.10 Å². The van der Waals surface area contributed by atoms with Crippen LogP contribution in [-0.4, -0.2) is 37.2 Å². The smallest absolute Gasteiger partial charge is 0.306 e. The molecule has 1 atom stereocenters. The van der Waals surface area contributed by atoms with Gasteiger partial charge in [0, 0.05) is 19.3 Å². The van der Waals surface area contributed by atoms with E-state index >= 15 is 0 Å². The van der Waals surface area contributed by atoms with Crippen molar-refractivity contribution in [2.24, 2.45) is 5.92 Å². The molecule has 0 spiro atoms. The molecule has 61 heavy (non-hydrogen) atoms. The van der Waals surface area contributed by atoms with E-state index in [2.05, 4.69) is 27.7 Å². The topological polar surface area (TPSA) is 78.9 Å². The lowest BCUT2D eigenvalue weighted by molar-refractivity contribution is -0.167. The number of carbonyl (C=O) groups is 3. The van der Waals surface area contributed by atoms with Crippen LogP contribution >= 0.6 is 0 Å². The van der Waals surface area contributed by atoms with Gasteiger partial charge in [0.2, 0.25) is 0 Å². The Morgan fingerprint density at radius 3 is 0.803 bits per heavy atom. The highest BCUT2D eigenvalue weighted by Gasteiger charge is 2.19. The van der Waals surface area contributed by atoms with Crippen molar-refractivity contribution < 1.29 is 28.6 Å². The molecule has 0 saturated carbocycles. The first-order valence-electron chi connectivity index (χ1n) is 27.4. The Morgan fingerprint density at radius 1 is 0.311 bits per heavy atom. The van der Waals surface area contributed by atoms with E-state index in [1.807, 2.05) is 0 Å². The fourth-order valence-electron chi connectivity index (χ4n) is 8.39. The Kier molecular flexibility index (Phi) is 48.1. The van der Waals surface area contributed by atoms with Crippen LogP contribution in [0.5, 0.6) is 0 Å². The number of unbranched alkanes of at least 4 members (excludes halogenated alkanes) is 37. The summed E-state index contributed by atoms with van der Waals surface area (Å²) in [5, 5.41) is 0. The van der Waals surface area contributed by atoms with Gasteiger partial charge in [-0.1, -0.05) is 272 Å². The zero-order valence-corrected chi connectivity index (χ0v) is 41.6. The van der Waals surface area contributed by atoms with E-state index in [1.54, 1.807) is 0 Å². The fraction of sp³-hybridized carbons (Fsp3) is 0.945. The molecule has 0 saturated heterocycles. The molecule has 6 nitrogen and oxygen atoms in total. The SMILES string of the molecule is CCCCCCCCCCCCCCCCC(=O)OC[C@H](COC(=O)CCCCCCCCCCCC)OC(=O)CCCCCCCCCCCCCCCCCCC(C)C. The van der Waals surface area contributed by atoms with Crippen LogP contribution in [0.25, 0.3) is 0 Å². The number of rotatable bonds is 50. The standard InChI is InChI=1S/C55H106O6/c1-5-7-9-11-13-15-17-18-24-27-31-35-39-43-47-54(57)60-50-52(49-59-53(56)46-42-38-34-30-16-14-12-10-8-6-2)61-55(58)48-44-40-36-32-28-25-22-20-19-21-23-26-29-33-37-41-45-51(3)4/h51-52H,5-50H2,1-4H3/t52-/m0/s1. The minimum absolute atomic E-state index is 0.0622. The van der Waals surface area contributed by atoms with Crippen molar-refractivity contribution in [1.82, 2.24) is 0 Å². The van der Waals surface area contributed by atoms with Crippen molar-refractivity contribution in [3.63, 3.8) is 0 Å².